The van der Waals surface area contributed by atoms with Crippen LogP contribution in [-0.4, -0.2) is 32.6 Å². The molecule has 102 valence electrons. The summed E-state index contributed by atoms with van der Waals surface area (Å²) in [5, 5.41) is 21.5. The Morgan fingerprint density at radius 3 is 3.05 bits per heavy atom. The molecule has 2 aromatic rings. The van der Waals surface area contributed by atoms with Crippen LogP contribution < -0.4 is 4.74 Å². The zero-order valence-corrected chi connectivity index (χ0v) is 11.6. The first-order valence-electron chi connectivity index (χ1n) is 6.41. The lowest BCUT2D eigenvalue weighted by molar-refractivity contribution is 0.342. The number of aromatic nitrogens is 4. The van der Waals surface area contributed by atoms with Crippen molar-refractivity contribution in [3.8, 4) is 11.8 Å². The number of nitriles is 1. The average Bonchev–Trinajstić information content (AvgIpc) is 3.23. The maximum atomic E-state index is 8.96. The van der Waals surface area contributed by atoms with Gasteiger partial charge in [-0.05, 0) is 35.4 Å². The summed E-state index contributed by atoms with van der Waals surface area (Å²) in [5.74, 6) is 1.37. The fourth-order valence-electron chi connectivity index (χ4n) is 1.80. The van der Waals surface area contributed by atoms with Crippen LogP contribution in [0.15, 0.2) is 29.4 Å². The van der Waals surface area contributed by atoms with Crippen LogP contribution in [0.25, 0.3) is 0 Å². The molecule has 1 aliphatic rings. The van der Waals surface area contributed by atoms with Gasteiger partial charge in [0, 0.05) is 5.75 Å². The van der Waals surface area contributed by atoms with Crippen LogP contribution >= 0.6 is 11.8 Å². The molecular weight excluding hydrogens is 274 g/mol. The van der Waals surface area contributed by atoms with Gasteiger partial charge < -0.3 is 4.74 Å². The van der Waals surface area contributed by atoms with E-state index in [1.54, 1.807) is 23.9 Å². The highest BCUT2D eigenvalue weighted by atomic mass is 32.2. The number of para-hydroxylation sites is 1. The normalized spacial score (nSPS) is 13.9. The van der Waals surface area contributed by atoms with E-state index >= 15 is 0 Å². The van der Waals surface area contributed by atoms with E-state index in [0.29, 0.717) is 24.0 Å². The maximum absolute atomic E-state index is 8.96. The molecule has 1 saturated carbocycles. The standard InChI is InChI=1S/C13H13N5OS/c14-9-10-3-1-2-4-12(10)19-7-8-20-13-15-16-17-18(13)11-5-6-11/h1-4,11H,5-8H2. The van der Waals surface area contributed by atoms with Crippen LogP contribution in [0, 0.1) is 11.3 Å². The summed E-state index contributed by atoms with van der Waals surface area (Å²) in [6.07, 6.45) is 2.31. The first-order valence-corrected chi connectivity index (χ1v) is 7.39. The van der Waals surface area contributed by atoms with E-state index < -0.39 is 0 Å². The maximum Gasteiger partial charge on any atom is 0.209 e. The summed E-state index contributed by atoms with van der Waals surface area (Å²) in [7, 11) is 0. The van der Waals surface area contributed by atoms with Gasteiger partial charge in [0.2, 0.25) is 5.16 Å². The molecule has 6 nitrogen and oxygen atoms in total. The Kier molecular flexibility index (Phi) is 3.83. The topological polar surface area (TPSA) is 76.6 Å². The SMILES string of the molecule is N#Cc1ccccc1OCCSc1nnnn1C1CC1. The van der Waals surface area contributed by atoms with Crippen molar-refractivity contribution in [3.05, 3.63) is 29.8 Å². The molecule has 1 aliphatic carbocycles. The Labute approximate surface area is 120 Å². The van der Waals surface area contributed by atoms with Gasteiger partial charge in [-0.15, -0.1) is 5.10 Å². The third-order valence-electron chi connectivity index (χ3n) is 2.93. The van der Waals surface area contributed by atoms with Crippen LogP contribution in [0.5, 0.6) is 5.75 Å². The van der Waals surface area contributed by atoms with Crippen molar-refractivity contribution >= 4 is 11.8 Å². The molecule has 0 amide bonds. The molecule has 20 heavy (non-hydrogen) atoms. The van der Waals surface area contributed by atoms with E-state index in [-0.39, 0.29) is 0 Å². The molecule has 0 N–H and O–H groups in total. The van der Waals surface area contributed by atoms with Crippen molar-refractivity contribution in [1.29, 1.82) is 5.26 Å². The summed E-state index contributed by atoms with van der Waals surface area (Å²) in [6, 6.07) is 9.82. The van der Waals surface area contributed by atoms with Gasteiger partial charge in [-0.2, -0.15) is 5.26 Å². The smallest absolute Gasteiger partial charge is 0.209 e. The minimum absolute atomic E-state index is 0.479. The molecule has 0 radical (unpaired) electrons. The highest BCUT2D eigenvalue weighted by molar-refractivity contribution is 7.99. The molecular formula is C13H13N5OS. The molecule has 0 bridgehead atoms. The van der Waals surface area contributed by atoms with E-state index in [4.69, 9.17) is 10.00 Å². The minimum atomic E-state index is 0.479. The van der Waals surface area contributed by atoms with Gasteiger partial charge in [0.25, 0.3) is 0 Å². The highest BCUT2D eigenvalue weighted by Crippen LogP contribution is 2.36. The lowest BCUT2D eigenvalue weighted by Crippen LogP contribution is -2.04. The second kappa shape index (κ2) is 5.92. The number of ether oxygens (including phenoxy) is 1. The summed E-state index contributed by atoms with van der Waals surface area (Å²) in [6.45, 7) is 0.515. The van der Waals surface area contributed by atoms with Crippen LogP contribution in [0.3, 0.4) is 0 Å². The van der Waals surface area contributed by atoms with E-state index in [1.165, 1.54) is 0 Å². The molecule has 0 spiro atoms. The van der Waals surface area contributed by atoms with E-state index in [0.717, 1.165) is 23.8 Å². The van der Waals surface area contributed by atoms with Gasteiger partial charge in [-0.3, -0.25) is 0 Å². The molecule has 0 aliphatic heterocycles. The lowest BCUT2D eigenvalue weighted by atomic mass is 10.2. The van der Waals surface area contributed by atoms with Crippen LogP contribution in [0.1, 0.15) is 24.4 Å². The number of benzene rings is 1. The first kappa shape index (κ1) is 12.9. The van der Waals surface area contributed by atoms with Crippen molar-refractivity contribution in [2.24, 2.45) is 0 Å². The fourth-order valence-corrected chi connectivity index (χ4v) is 2.56. The summed E-state index contributed by atoms with van der Waals surface area (Å²) in [5.41, 5.74) is 0.556. The van der Waals surface area contributed by atoms with E-state index in [1.807, 2.05) is 16.8 Å². The van der Waals surface area contributed by atoms with Gasteiger partial charge in [-0.1, -0.05) is 23.9 Å². The van der Waals surface area contributed by atoms with Gasteiger partial charge in [0.05, 0.1) is 18.2 Å². The fraction of sp³-hybridized carbons (Fsp3) is 0.385. The average molecular weight is 287 g/mol. The Morgan fingerprint density at radius 2 is 2.25 bits per heavy atom. The third kappa shape index (κ3) is 2.91. The quantitative estimate of drug-likeness (QED) is 0.598. The largest absolute Gasteiger partial charge is 0.491 e. The van der Waals surface area contributed by atoms with Gasteiger partial charge in [0.15, 0.2) is 0 Å². The molecule has 3 rings (SSSR count). The number of rotatable bonds is 6. The molecule has 1 heterocycles. The third-order valence-corrected chi connectivity index (χ3v) is 3.83. The number of hydrogen-bond acceptors (Lipinski definition) is 6. The Hall–Kier alpha value is -2.07. The first-order chi connectivity index (χ1) is 9.88. The summed E-state index contributed by atoms with van der Waals surface area (Å²) >= 11 is 1.57. The summed E-state index contributed by atoms with van der Waals surface area (Å²) in [4.78, 5) is 0. The van der Waals surface area contributed by atoms with E-state index in [2.05, 4.69) is 21.6 Å². The molecule has 7 heteroatoms. The number of tetrazole rings is 1. The number of nitrogens with zero attached hydrogens (tertiary/aromatic N) is 5. The zero-order chi connectivity index (χ0) is 13.8. The predicted octanol–water partition coefficient (Wildman–Crippen LogP) is 2.05. The Morgan fingerprint density at radius 1 is 1.40 bits per heavy atom. The number of thioether (sulfide) groups is 1. The monoisotopic (exact) mass is 287 g/mol. The zero-order valence-electron chi connectivity index (χ0n) is 10.8. The van der Waals surface area contributed by atoms with Gasteiger partial charge >= 0.3 is 0 Å². The van der Waals surface area contributed by atoms with Crippen molar-refractivity contribution in [3.63, 3.8) is 0 Å². The molecule has 0 unspecified atom stereocenters. The minimum Gasteiger partial charge on any atom is -0.491 e. The lowest BCUT2D eigenvalue weighted by Gasteiger charge is -2.07. The van der Waals surface area contributed by atoms with E-state index in [9.17, 15) is 0 Å². The second-order valence-electron chi connectivity index (χ2n) is 4.44. The van der Waals surface area contributed by atoms with Crippen molar-refractivity contribution in [2.75, 3.05) is 12.4 Å². The van der Waals surface area contributed by atoms with Crippen molar-refractivity contribution in [1.82, 2.24) is 20.2 Å². The van der Waals surface area contributed by atoms with Crippen LogP contribution in [0.4, 0.5) is 0 Å². The molecule has 1 aromatic heterocycles. The number of hydrogen-bond donors (Lipinski definition) is 0. The van der Waals surface area contributed by atoms with Crippen molar-refractivity contribution < 1.29 is 4.74 Å². The molecule has 0 atom stereocenters. The predicted molar refractivity (Wildman–Crippen MR) is 73.5 cm³/mol. The van der Waals surface area contributed by atoms with Crippen LogP contribution in [0.2, 0.25) is 0 Å². The van der Waals surface area contributed by atoms with Crippen LogP contribution in [-0.2, 0) is 0 Å². The summed E-state index contributed by atoms with van der Waals surface area (Å²) < 4.78 is 7.50. The molecule has 1 fully saturated rings. The Balaban J connectivity index is 1.51. The van der Waals surface area contributed by atoms with Crippen molar-refractivity contribution in [2.45, 2.75) is 24.0 Å². The van der Waals surface area contributed by atoms with Gasteiger partial charge in [-0.25, -0.2) is 4.68 Å². The second-order valence-corrected chi connectivity index (χ2v) is 5.50. The highest BCUT2D eigenvalue weighted by Gasteiger charge is 2.27. The molecule has 0 saturated heterocycles. The molecule has 1 aromatic carbocycles. The Bertz CT molecular complexity index is 632. The van der Waals surface area contributed by atoms with Gasteiger partial charge in [0.1, 0.15) is 11.8 Å².